The molecule has 0 aliphatic carbocycles. The molecule has 3 N–H and O–H groups in total. The summed E-state index contributed by atoms with van der Waals surface area (Å²) in [6, 6.07) is 3.30. The van der Waals surface area contributed by atoms with Gasteiger partial charge in [-0.15, -0.1) is 12.4 Å². The van der Waals surface area contributed by atoms with Crippen molar-refractivity contribution in [3.05, 3.63) is 34.6 Å². The first-order chi connectivity index (χ1) is 7.85. The Bertz CT molecular complexity index is 430. The molecule has 0 unspecified atom stereocenters. The molecule has 0 saturated carbocycles. The van der Waals surface area contributed by atoms with E-state index >= 15 is 0 Å². The van der Waals surface area contributed by atoms with Crippen LogP contribution in [-0.4, -0.2) is 24.9 Å². The van der Waals surface area contributed by atoms with Gasteiger partial charge in [-0.1, -0.05) is 11.6 Å². The number of benzene rings is 1. The minimum atomic E-state index is -3.22. The molecule has 1 aromatic rings. The summed E-state index contributed by atoms with van der Waals surface area (Å²) >= 11 is 5.56. The summed E-state index contributed by atoms with van der Waals surface area (Å²) in [6.45, 7) is -1.85. The van der Waals surface area contributed by atoms with Gasteiger partial charge in [0, 0.05) is 5.02 Å². The fourth-order valence-corrected chi connectivity index (χ4v) is 1.22. The third kappa shape index (κ3) is 4.72. The third-order valence-electron chi connectivity index (χ3n) is 1.98. The smallest absolute Gasteiger partial charge is 0.277 e. The predicted molar refractivity (Wildman–Crippen MR) is 65.0 cm³/mol. The molecule has 0 atom stereocenters. The van der Waals surface area contributed by atoms with Gasteiger partial charge in [0.15, 0.2) is 0 Å². The number of amides is 1. The zero-order valence-corrected chi connectivity index (χ0v) is 10.6. The number of halogens is 5. The third-order valence-corrected chi connectivity index (χ3v) is 2.21. The SMILES string of the molecule is Cl.NCC(F)(F)CNC(=O)c1cc(Cl)ccc1F. The van der Waals surface area contributed by atoms with Gasteiger partial charge in [0.1, 0.15) is 5.82 Å². The van der Waals surface area contributed by atoms with Gasteiger partial charge in [-0.3, -0.25) is 4.79 Å². The highest BCUT2D eigenvalue weighted by molar-refractivity contribution is 6.30. The number of hydrogen-bond acceptors (Lipinski definition) is 2. The predicted octanol–water partition coefficient (Wildman–Crippen LogP) is 2.22. The van der Waals surface area contributed by atoms with Crippen LogP contribution in [0.25, 0.3) is 0 Å². The molecule has 0 fully saturated rings. The van der Waals surface area contributed by atoms with E-state index in [9.17, 15) is 18.0 Å². The van der Waals surface area contributed by atoms with Crippen LogP contribution in [0.1, 0.15) is 10.4 Å². The van der Waals surface area contributed by atoms with Gasteiger partial charge in [0.25, 0.3) is 11.8 Å². The molecule has 0 radical (unpaired) electrons. The molecule has 0 spiro atoms. The van der Waals surface area contributed by atoms with Crippen LogP contribution in [-0.2, 0) is 0 Å². The van der Waals surface area contributed by atoms with E-state index in [2.05, 4.69) is 0 Å². The topological polar surface area (TPSA) is 55.1 Å². The second-order valence-corrected chi connectivity index (χ2v) is 3.80. The molecular formula is C10H11Cl2F3N2O. The first-order valence-electron chi connectivity index (χ1n) is 4.67. The lowest BCUT2D eigenvalue weighted by atomic mass is 10.2. The number of carbonyl (C=O) groups is 1. The summed E-state index contributed by atoms with van der Waals surface area (Å²) in [5, 5.41) is 2.03. The number of rotatable bonds is 4. The van der Waals surface area contributed by atoms with Crippen molar-refractivity contribution in [1.82, 2.24) is 5.32 Å². The lowest BCUT2D eigenvalue weighted by Gasteiger charge is -2.14. The summed E-state index contributed by atoms with van der Waals surface area (Å²) in [5.41, 5.74) is 4.40. The second-order valence-electron chi connectivity index (χ2n) is 3.37. The van der Waals surface area contributed by atoms with Crippen LogP contribution in [0, 0.1) is 5.82 Å². The number of carbonyl (C=O) groups excluding carboxylic acids is 1. The zero-order chi connectivity index (χ0) is 13.1. The van der Waals surface area contributed by atoms with Gasteiger partial charge in [0.2, 0.25) is 0 Å². The number of hydrogen-bond donors (Lipinski definition) is 2. The summed E-state index contributed by atoms with van der Waals surface area (Å²) in [6.07, 6.45) is 0. The molecule has 3 nitrogen and oxygen atoms in total. The van der Waals surface area contributed by atoms with Crippen LogP contribution in [0.2, 0.25) is 5.02 Å². The molecule has 0 aromatic heterocycles. The van der Waals surface area contributed by atoms with E-state index < -0.39 is 30.7 Å². The fourth-order valence-electron chi connectivity index (χ4n) is 1.05. The van der Waals surface area contributed by atoms with Crippen molar-refractivity contribution in [3.63, 3.8) is 0 Å². The van der Waals surface area contributed by atoms with E-state index in [0.29, 0.717) is 0 Å². The molecule has 0 aliphatic heterocycles. The second kappa shape index (κ2) is 6.82. The van der Waals surface area contributed by atoms with Crippen LogP contribution in [0.4, 0.5) is 13.2 Å². The molecule has 0 heterocycles. The summed E-state index contributed by atoms with van der Waals surface area (Å²) in [5.74, 6) is -5.01. The van der Waals surface area contributed by atoms with E-state index in [-0.39, 0.29) is 23.0 Å². The number of nitrogens with two attached hydrogens (primary N) is 1. The van der Waals surface area contributed by atoms with Crippen molar-refractivity contribution < 1.29 is 18.0 Å². The van der Waals surface area contributed by atoms with Gasteiger partial charge in [0.05, 0.1) is 18.7 Å². The van der Waals surface area contributed by atoms with E-state index in [0.717, 1.165) is 12.1 Å². The largest absolute Gasteiger partial charge is 0.346 e. The summed E-state index contributed by atoms with van der Waals surface area (Å²) < 4.78 is 38.7. The minimum Gasteiger partial charge on any atom is -0.346 e. The average molecular weight is 303 g/mol. The van der Waals surface area contributed by atoms with Crippen LogP contribution in [0.3, 0.4) is 0 Å². The first kappa shape index (κ1) is 17.0. The molecular weight excluding hydrogens is 292 g/mol. The van der Waals surface area contributed by atoms with Crippen molar-refractivity contribution in [1.29, 1.82) is 0 Å². The standard InChI is InChI=1S/C10H10ClF3N2O.ClH/c11-6-1-2-8(12)7(3-6)9(17)16-5-10(13,14)4-15;/h1-3H,4-5,15H2,(H,16,17);1H. The van der Waals surface area contributed by atoms with Gasteiger partial charge >= 0.3 is 0 Å². The van der Waals surface area contributed by atoms with Gasteiger partial charge < -0.3 is 11.1 Å². The van der Waals surface area contributed by atoms with Crippen molar-refractivity contribution in [2.75, 3.05) is 13.1 Å². The Hall–Kier alpha value is -0.980. The molecule has 0 saturated heterocycles. The quantitative estimate of drug-likeness (QED) is 0.896. The van der Waals surface area contributed by atoms with Gasteiger partial charge in [-0.25, -0.2) is 13.2 Å². The monoisotopic (exact) mass is 302 g/mol. The highest BCUT2D eigenvalue weighted by Crippen LogP contribution is 2.15. The van der Waals surface area contributed by atoms with Crippen LogP contribution >= 0.6 is 24.0 Å². The Balaban J connectivity index is 0.00000289. The Kier molecular flexibility index (Phi) is 6.45. The zero-order valence-electron chi connectivity index (χ0n) is 9.05. The highest BCUT2D eigenvalue weighted by atomic mass is 35.5. The molecule has 0 aliphatic rings. The Morgan fingerprint density at radius 3 is 2.61 bits per heavy atom. The first-order valence-corrected chi connectivity index (χ1v) is 5.04. The average Bonchev–Trinajstić information content (AvgIpc) is 2.29. The van der Waals surface area contributed by atoms with Gasteiger partial charge in [-0.2, -0.15) is 0 Å². The fraction of sp³-hybridized carbons (Fsp3) is 0.300. The van der Waals surface area contributed by atoms with Crippen LogP contribution in [0.5, 0.6) is 0 Å². The maximum absolute atomic E-state index is 13.2. The molecule has 18 heavy (non-hydrogen) atoms. The van der Waals surface area contributed by atoms with Crippen molar-refractivity contribution >= 4 is 29.9 Å². The highest BCUT2D eigenvalue weighted by Gasteiger charge is 2.27. The molecule has 1 rings (SSSR count). The Morgan fingerprint density at radius 1 is 1.44 bits per heavy atom. The molecule has 1 amide bonds. The molecule has 0 bridgehead atoms. The lowest BCUT2D eigenvalue weighted by molar-refractivity contribution is 0.0118. The van der Waals surface area contributed by atoms with E-state index in [1.54, 1.807) is 0 Å². The number of nitrogens with one attached hydrogen (secondary N) is 1. The Morgan fingerprint density at radius 2 is 2.06 bits per heavy atom. The van der Waals surface area contributed by atoms with Gasteiger partial charge in [-0.05, 0) is 18.2 Å². The maximum Gasteiger partial charge on any atom is 0.277 e. The summed E-state index contributed by atoms with van der Waals surface area (Å²) in [4.78, 5) is 11.4. The Labute approximate surface area is 113 Å². The van der Waals surface area contributed by atoms with E-state index in [4.69, 9.17) is 17.3 Å². The number of alkyl halides is 2. The summed E-state index contributed by atoms with van der Waals surface area (Å²) in [7, 11) is 0. The molecule has 8 heteroatoms. The molecule has 102 valence electrons. The minimum absolute atomic E-state index is 0. The van der Waals surface area contributed by atoms with Crippen LogP contribution in [0.15, 0.2) is 18.2 Å². The maximum atomic E-state index is 13.2. The normalized spacial score (nSPS) is 10.7. The van der Waals surface area contributed by atoms with Crippen molar-refractivity contribution in [2.24, 2.45) is 5.73 Å². The van der Waals surface area contributed by atoms with Crippen molar-refractivity contribution in [3.8, 4) is 0 Å². The lowest BCUT2D eigenvalue weighted by Crippen LogP contribution is -2.41. The van der Waals surface area contributed by atoms with Crippen molar-refractivity contribution in [2.45, 2.75) is 5.92 Å². The van der Waals surface area contributed by atoms with Crippen LogP contribution < -0.4 is 11.1 Å². The van der Waals surface area contributed by atoms with E-state index in [1.807, 2.05) is 5.32 Å². The van der Waals surface area contributed by atoms with E-state index in [1.165, 1.54) is 6.07 Å². The molecule has 1 aromatic carbocycles.